The lowest BCUT2D eigenvalue weighted by Gasteiger charge is -2.34. The van der Waals surface area contributed by atoms with Gasteiger partial charge in [-0.25, -0.2) is 9.78 Å². The van der Waals surface area contributed by atoms with E-state index in [1.54, 1.807) is 0 Å². The van der Waals surface area contributed by atoms with Gasteiger partial charge in [-0.15, -0.1) is 0 Å². The van der Waals surface area contributed by atoms with Crippen LogP contribution in [0.4, 0.5) is 10.5 Å². The molecule has 27 heavy (non-hydrogen) atoms. The Kier molecular flexibility index (Phi) is 6.70. The minimum atomic E-state index is -0.0651. The standard InChI is InChI=1S/C20H29N5O2/c1-3-19-21-9-10-24(19)14-11-23-12-15-25(16-13-23)20(26)22-17-7-5-6-8-18(17)27-4-2/h5-10H,3-4,11-16H2,1-2H3,(H,22,26). The second-order valence-electron chi connectivity index (χ2n) is 6.58. The van der Waals surface area contributed by atoms with E-state index in [0.717, 1.165) is 57.2 Å². The van der Waals surface area contributed by atoms with Crippen molar-refractivity contribution in [3.63, 3.8) is 0 Å². The fourth-order valence-corrected chi connectivity index (χ4v) is 3.33. The number of nitrogens with one attached hydrogen (secondary N) is 1. The van der Waals surface area contributed by atoms with Crippen molar-refractivity contribution in [3.05, 3.63) is 42.5 Å². The molecule has 1 N–H and O–H groups in total. The van der Waals surface area contributed by atoms with Crippen molar-refractivity contribution in [1.29, 1.82) is 0 Å². The molecule has 7 heteroatoms. The van der Waals surface area contributed by atoms with E-state index in [1.807, 2.05) is 48.5 Å². The number of urea groups is 1. The first-order chi connectivity index (χ1) is 13.2. The van der Waals surface area contributed by atoms with Crippen LogP contribution in [0.1, 0.15) is 19.7 Å². The third-order valence-corrected chi connectivity index (χ3v) is 4.86. The number of hydrogen-bond acceptors (Lipinski definition) is 4. The van der Waals surface area contributed by atoms with Gasteiger partial charge in [-0.3, -0.25) is 4.90 Å². The molecule has 1 aliphatic rings. The predicted molar refractivity (Wildman–Crippen MR) is 106 cm³/mol. The molecule has 1 saturated heterocycles. The Labute approximate surface area is 160 Å². The highest BCUT2D eigenvalue weighted by Crippen LogP contribution is 2.24. The van der Waals surface area contributed by atoms with Crippen molar-refractivity contribution in [3.8, 4) is 5.75 Å². The maximum absolute atomic E-state index is 12.6. The number of para-hydroxylation sites is 2. The summed E-state index contributed by atoms with van der Waals surface area (Å²) < 4.78 is 7.79. The molecule has 0 bridgehead atoms. The predicted octanol–water partition coefficient (Wildman–Crippen LogP) is 2.69. The zero-order chi connectivity index (χ0) is 19.1. The Morgan fingerprint density at radius 2 is 1.93 bits per heavy atom. The number of piperazine rings is 1. The van der Waals surface area contributed by atoms with Gasteiger partial charge in [0.2, 0.25) is 0 Å². The molecule has 1 fully saturated rings. The Balaban J connectivity index is 1.47. The van der Waals surface area contributed by atoms with Gasteiger partial charge in [0.05, 0.1) is 12.3 Å². The third kappa shape index (κ3) is 5.01. The fourth-order valence-electron chi connectivity index (χ4n) is 3.33. The number of ether oxygens (including phenoxy) is 1. The number of imidazole rings is 1. The van der Waals surface area contributed by atoms with E-state index >= 15 is 0 Å². The van der Waals surface area contributed by atoms with Gasteiger partial charge in [-0.1, -0.05) is 19.1 Å². The van der Waals surface area contributed by atoms with Crippen LogP contribution < -0.4 is 10.1 Å². The van der Waals surface area contributed by atoms with Crippen molar-refractivity contribution in [2.75, 3.05) is 44.6 Å². The highest BCUT2D eigenvalue weighted by atomic mass is 16.5. The number of rotatable bonds is 7. The van der Waals surface area contributed by atoms with Gasteiger partial charge in [0.15, 0.2) is 0 Å². The van der Waals surface area contributed by atoms with Crippen LogP contribution in [0, 0.1) is 0 Å². The summed E-state index contributed by atoms with van der Waals surface area (Å²) in [5.41, 5.74) is 0.721. The zero-order valence-electron chi connectivity index (χ0n) is 16.2. The number of benzene rings is 1. The molecule has 1 aliphatic heterocycles. The summed E-state index contributed by atoms with van der Waals surface area (Å²) in [5.74, 6) is 1.83. The molecule has 0 radical (unpaired) electrons. The minimum Gasteiger partial charge on any atom is -0.492 e. The first kappa shape index (κ1) is 19.2. The summed E-state index contributed by atoms with van der Waals surface area (Å²) in [7, 11) is 0. The lowest BCUT2D eigenvalue weighted by Crippen LogP contribution is -2.50. The van der Waals surface area contributed by atoms with Crippen LogP contribution in [-0.2, 0) is 13.0 Å². The molecule has 146 valence electrons. The van der Waals surface area contributed by atoms with E-state index in [-0.39, 0.29) is 6.03 Å². The molecule has 0 aliphatic carbocycles. The van der Waals surface area contributed by atoms with E-state index in [2.05, 4.69) is 26.7 Å². The second kappa shape index (κ2) is 9.41. The molecule has 0 saturated carbocycles. The number of nitrogens with zero attached hydrogens (tertiary/aromatic N) is 4. The molecule has 7 nitrogen and oxygen atoms in total. The lowest BCUT2D eigenvalue weighted by molar-refractivity contribution is 0.144. The van der Waals surface area contributed by atoms with Crippen LogP contribution in [0.15, 0.2) is 36.7 Å². The van der Waals surface area contributed by atoms with Gasteiger partial charge in [-0.05, 0) is 19.1 Å². The maximum atomic E-state index is 12.6. The zero-order valence-corrected chi connectivity index (χ0v) is 16.2. The minimum absolute atomic E-state index is 0.0651. The summed E-state index contributed by atoms with van der Waals surface area (Å²) in [6.45, 7) is 9.78. The van der Waals surface area contributed by atoms with Gasteiger partial charge < -0.3 is 19.5 Å². The summed E-state index contributed by atoms with van der Waals surface area (Å²) in [4.78, 5) is 21.2. The lowest BCUT2D eigenvalue weighted by atomic mass is 10.3. The van der Waals surface area contributed by atoms with Crippen LogP contribution in [0.5, 0.6) is 5.75 Å². The SMILES string of the molecule is CCOc1ccccc1NC(=O)N1CCN(CCn2ccnc2CC)CC1. The van der Waals surface area contributed by atoms with Gasteiger partial charge in [0.1, 0.15) is 11.6 Å². The van der Waals surface area contributed by atoms with Crippen molar-refractivity contribution < 1.29 is 9.53 Å². The third-order valence-electron chi connectivity index (χ3n) is 4.86. The van der Waals surface area contributed by atoms with Crippen molar-refractivity contribution in [2.24, 2.45) is 0 Å². The smallest absolute Gasteiger partial charge is 0.322 e. The number of aryl methyl sites for hydroxylation is 1. The van der Waals surface area contributed by atoms with Crippen molar-refractivity contribution >= 4 is 11.7 Å². The molecular formula is C20H29N5O2. The fraction of sp³-hybridized carbons (Fsp3) is 0.500. The van der Waals surface area contributed by atoms with Crippen LogP contribution in [-0.4, -0.2) is 64.7 Å². The first-order valence-electron chi connectivity index (χ1n) is 9.71. The largest absolute Gasteiger partial charge is 0.492 e. The highest BCUT2D eigenvalue weighted by Gasteiger charge is 2.21. The molecule has 2 amide bonds. The molecule has 0 spiro atoms. The van der Waals surface area contributed by atoms with Gasteiger partial charge in [0, 0.05) is 58.1 Å². The average Bonchev–Trinajstić information content (AvgIpc) is 3.16. The molecule has 1 aromatic carbocycles. The van der Waals surface area contributed by atoms with Gasteiger partial charge in [-0.2, -0.15) is 0 Å². The number of amides is 2. The molecule has 0 unspecified atom stereocenters. The van der Waals surface area contributed by atoms with E-state index in [0.29, 0.717) is 12.4 Å². The molecule has 0 atom stereocenters. The van der Waals surface area contributed by atoms with E-state index in [1.165, 1.54) is 0 Å². The molecular weight excluding hydrogens is 342 g/mol. The maximum Gasteiger partial charge on any atom is 0.322 e. The molecule has 3 rings (SSSR count). The van der Waals surface area contributed by atoms with E-state index in [9.17, 15) is 4.79 Å². The summed E-state index contributed by atoms with van der Waals surface area (Å²) in [6.07, 6.45) is 4.85. The number of carbonyl (C=O) groups is 1. The Bertz CT molecular complexity index is 737. The van der Waals surface area contributed by atoms with Crippen LogP contribution >= 0.6 is 0 Å². The van der Waals surface area contributed by atoms with E-state index < -0.39 is 0 Å². The molecule has 2 aromatic rings. The first-order valence-corrected chi connectivity index (χ1v) is 9.71. The van der Waals surface area contributed by atoms with Crippen LogP contribution in [0.3, 0.4) is 0 Å². The number of hydrogen-bond donors (Lipinski definition) is 1. The Hall–Kier alpha value is -2.54. The topological polar surface area (TPSA) is 62.6 Å². The number of aromatic nitrogens is 2. The van der Waals surface area contributed by atoms with Crippen LogP contribution in [0.25, 0.3) is 0 Å². The Morgan fingerprint density at radius 3 is 2.67 bits per heavy atom. The number of anilines is 1. The quantitative estimate of drug-likeness (QED) is 0.813. The van der Waals surface area contributed by atoms with Gasteiger partial charge >= 0.3 is 6.03 Å². The van der Waals surface area contributed by atoms with Crippen LogP contribution in [0.2, 0.25) is 0 Å². The summed E-state index contributed by atoms with van der Waals surface area (Å²) in [5, 5.41) is 2.98. The molecule has 1 aromatic heterocycles. The number of carbonyl (C=O) groups excluding carboxylic acids is 1. The summed E-state index contributed by atoms with van der Waals surface area (Å²) >= 11 is 0. The molecule has 2 heterocycles. The van der Waals surface area contributed by atoms with Crippen molar-refractivity contribution in [1.82, 2.24) is 19.4 Å². The highest BCUT2D eigenvalue weighted by molar-refractivity contribution is 5.91. The summed E-state index contributed by atoms with van der Waals surface area (Å²) in [6, 6.07) is 7.48. The Morgan fingerprint density at radius 1 is 1.15 bits per heavy atom. The average molecular weight is 371 g/mol. The van der Waals surface area contributed by atoms with Gasteiger partial charge in [0.25, 0.3) is 0 Å². The van der Waals surface area contributed by atoms with E-state index in [4.69, 9.17) is 4.74 Å². The monoisotopic (exact) mass is 371 g/mol. The normalized spacial score (nSPS) is 15.0. The second-order valence-corrected chi connectivity index (χ2v) is 6.58. The van der Waals surface area contributed by atoms with Crippen molar-refractivity contribution in [2.45, 2.75) is 26.8 Å².